The number of hydrogen-bond donors (Lipinski definition) is 3. The number of benzene rings is 1. The molecule has 5 nitrogen and oxygen atoms in total. The van der Waals surface area contributed by atoms with Crippen LogP contribution in [0.25, 0.3) is 0 Å². The van der Waals surface area contributed by atoms with Gasteiger partial charge >= 0.3 is 0 Å². The van der Waals surface area contributed by atoms with Crippen molar-refractivity contribution in [2.24, 2.45) is 5.92 Å². The number of nitrogen functional groups attached to an aromatic ring is 1. The van der Waals surface area contributed by atoms with Gasteiger partial charge in [0.1, 0.15) is 0 Å². The summed E-state index contributed by atoms with van der Waals surface area (Å²) in [4.78, 5) is 0.293. The number of rotatable bonds is 6. The molecule has 0 radical (unpaired) electrons. The molecule has 1 aliphatic carbocycles. The third-order valence-corrected chi connectivity index (χ3v) is 5.62. The minimum absolute atomic E-state index is 0.228. The maximum absolute atomic E-state index is 12.5. The van der Waals surface area contributed by atoms with Gasteiger partial charge in [0.2, 0.25) is 10.0 Å². The molecule has 1 aromatic rings. The van der Waals surface area contributed by atoms with Crippen LogP contribution in [0.2, 0.25) is 0 Å². The Morgan fingerprint density at radius 2 is 1.95 bits per heavy atom. The average Bonchev–Trinajstić information content (AvgIpc) is 2.41. The van der Waals surface area contributed by atoms with Gasteiger partial charge in [-0.15, -0.1) is 0 Å². The quantitative estimate of drug-likeness (QED) is 0.693. The molecule has 118 valence electrons. The number of nitrogens with two attached hydrogens (primary N) is 1. The Hall–Kier alpha value is -1.11. The fourth-order valence-electron chi connectivity index (χ4n) is 2.72. The van der Waals surface area contributed by atoms with E-state index in [9.17, 15) is 13.5 Å². The summed E-state index contributed by atoms with van der Waals surface area (Å²) in [6.07, 6.45) is 2.38. The Labute approximate surface area is 126 Å². The first-order valence-electron chi connectivity index (χ1n) is 7.46. The Bertz CT molecular complexity index is 608. The molecule has 0 spiro atoms. The largest absolute Gasteiger partial charge is 0.398 e. The molecule has 0 aromatic heterocycles. The topological polar surface area (TPSA) is 92.4 Å². The van der Waals surface area contributed by atoms with Gasteiger partial charge in [-0.25, -0.2) is 13.1 Å². The molecule has 2 rings (SSSR count). The van der Waals surface area contributed by atoms with Gasteiger partial charge in [-0.2, -0.15) is 0 Å². The van der Waals surface area contributed by atoms with Gasteiger partial charge in [0.25, 0.3) is 0 Å². The summed E-state index contributed by atoms with van der Waals surface area (Å²) in [6, 6.07) is 3.56. The molecule has 1 saturated carbocycles. The number of sulfonamides is 1. The maximum Gasteiger partial charge on any atom is 0.240 e. The van der Waals surface area contributed by atoms with Gasteiger partial charge in [0.05, 0.1) is 11.0 Å². The molecule has 0 unspecified atom stereocenters. The van der Waals surface area contributed by atoms with Crippen LogP contribution in [0.3, 0.4) is 0 Å². The zero-order valence-corrected chi connectivity index (χ0v) is 13.4. The van der Waals surface area contributed by atoms with E-state index in [1.165, 1.54) is 0 Å². The van der Waals surface area contributed by atoms with Gasteiger partial charge in [-0.3, -0.25) is 0 Å². The van der Waals surface area contributed by atoms with Crippen LogP contribution in [0.5, 0.6) is 0 Å². The van der Waals surface area contributed by atoms with Crippen LogP contribution in [-0.2, 0) is 22.9 Å². The predicted octanol–water partition coefficient (Wildman–Crippen LogP) is 1.44. The van der Waals surface area contributed by atoms with Crippen LogP contribution in [0.4, 0.5) is 5.69 Å². The number of aliphatic hydroxyl groups excluding tert-OH is 1. The van der Waals surface area contributed by atoms with Crippen LogP contribution >= 0.6 is 0 Å². The monoisotopic (exact) mass is 312 g/mol. The Balaban J connectivity index is 2.23. The van der Waals surface area contributed by atoms with E-state index in [2.05, 4.69) is 4.72 Å². The summed E-state index contributed by atoms with van der Waals surface area (Å²) in [5.74, 6) is 0.228. The van der Waals surface area contributed by atoms with Crippen molar-refractivity contribution in [3.63, 3.8) is 0 Å². The smallest absolute Gasteiger partial charge is 0.240 e. The minimum atomic E-state index is -3.56. The van der Waals surface area contributed by atoms with Gasteiger partial charge in [-0.05, 0) is 54.9 Å². The number of hydrogen-bond acceptors (Lipinski definition) is 4. The normalized spacial score (nSPS) is 22.0. The maximum atomic E-state index is 12.5. The molecule has 0 aliphatic heterocycles. The van der Waals surface area contributed by atoms with Crippen molar-refractivity contribution in [2.75, 3.05) is 12.3 Å². The van der Waals surface area contributed by atoms with E-state index >= 15 is 0 Å². The summed E-state index contributed by atoms with van der Waals surface area (Å²) in [6.45, 7) is 4.25. The van der Waals surface area contributed by atoms with E-state index in [4.69, 9.17) is 5.73 Å². The Morgan fingerprint density at radius 3 is 2.48 bits per heavy atom. The van der Waals surface area contributed by atoms with Gasteiger partial charge < -0.3 is 10.8 Å². The molecule has 0 saturated heterocycles. The van der Waals surface area contributed by atoms with Crippen molar-refractivity contribution in [3.8, 4) is 0 Å². The van der Waals surface area contributed by atoms with E-state index in [1.807, 2.05) is 19.9 Å². The summed E-state index contributed by atoms with van der Waals surface area (Å²) in [7, 11) is -3.56. The number of nitrogens with one attached hydrogen (secondary N) is 1. The number of anilines is 1. The molecule has 1 aromatic carbocycles. The van der Waals surface area contributed by atoms with Crippen molar-refractivity contribution in [1.29, 1.82) is 0 Å². The Kier molecular flexibility index (Phi) is 4.91. The molecule has 21 heavy (non-hydrogen) atoms. The lowest BCUT2D eigenvalue weighted by Gasteiger charge is -2.31. The molecule has 6 heteroatoms. The van der Waals surface area contributed by atoms with Crippen molar-refractivity contribution in [2.45, 2.75) is 50.5 Å². The first-order valence-corrected chi connectivity index (χ1v) is 8.94. The lowest BCUT2D eigenvalue weighted by atomic mass is 9.83. The summed E-state index contributed by atoms with van der Waals surface area (Å²) in [5.41, 5.74) is 8.12. The molecule has 0 heterocycles. The van der Waals surface area contributed by atoms with E-state index in [-0.39, 0.29) is 12.0 Å². The van der Waals surface area contributed by atoms with Gasteiger partial charge in [0, 0.05) is 12.2 Å². The van der Waals surface area contributed by atoms with E-state index in [0.717, 1.165) is 12.0 Å². The third kappa shape index (κ3) is 3.56. The van der Waals surface area contributed by atoms with E-state index in [1.54, 1.807) is 6.07 Å². The molecule has 0 bridgehead atoms. The zero-order chi connectivity index (χ0) is 15.6. The standard InChI is InChI=1S/C15H24N2O3S/c1-3-10-7-14(16)13(4-2)15(8-10)21(19,20)17-9-11-5-12(18)6-11/h7-8,11-12,17-18H,3-6,9,16H2,1-2H3. The highest BCUT2D eigenvalue weighted by Gasteiger charge is 2.29. The minimum Gasteiger partial charge on any atom is -0.398 e. The lowest BCUT2D eigenvalue weighted by molar-refractivity contribution is 0.0453. The van der Waals surface area contributed by atoms with Crippen LogP contribution < -0.4 is 10.5 Å². The highest BCUT2D eigenvalue weighted by molar-refractivity contribution is 7.89. The molecule has 0 atom stereocenters. The second kappa shape index (κ2) is 6.34. The average molecular weight is 312 g/mol. The van der Waals surface area contributed by atoms with Crippen LogP contribution in [0.1, 0.15) is 37.8 Å². The first kappa shape index (κ1) is 16.3. The fraction of sp³-hybridized carbons (Fsp3) is 0.600. The van der Waals surface area contributed by atoms with Crippen LogP contribution in [0.15, 0.2) is 17.0 Å². The summed E-state index contributed by atoms with van der Waals surface area (Å²) < 4.78 is 27.7. The van der Waals surface area contributed by atoms with Gasteiger partial charge in [-0.1, -0.05) is 13.8 Å². The first-order chi connectivity index (χ1) is 9.87. The fourth-order valence-corrected chi connectivity index (χ4v) is 4.22. The zero-order valence-electron chi connectivity index (χ0n) is 12.6. The van der Waals surface area contributed by atoms with Crippen LogP contribution in [-0.4, -0.2) is 26.2 Å². The Morgan fingerprint density at radius 1 is 1.29 bits per heavy atom. The SMILES string of the molecule is CCc1cc(N)c(CC)c(S(=O)(=O)NCC2CC(O)C2)c1. The molecule has 1 fully saturated rings. The molecule has 1 aliphatic rings. The second-order valence-electron chi connectivity index (χ2n) is 5.71. The highest BCUT2D eigenvalue weighted by atomic mass is 32.2. The highest BCUT2D eigenvalue weighted by Crippen LogP contribution is 2.28. The van der Waals surface area contributed by atoms with Crippen molar-refractivity contribution < 1.29 is 13.5 Å². The lowest BCUT2D eigenvalue weighted by Crippen LogP contribution is -2.38. The van der Waals surface area contributed by atoms with Gasteiger partial charge in [0.15, 0.2) is 0 Å². The summed E-state index contributed by atoms with van der Waals surface area (Å²) in [5, 5.41) is 9.26. The second-order valence-corrected chi connectivity index (χ2v) is 7.45. The number of aryl methyl sites for hydroxylation is 1. The number of aliphatic hydroxyl groups is 1. The third-order valence-electron chi connectivity index (χ3n) is 4.13. The molecule has 4 N–H and O–H groups in total. The van der Waals surface area contributed by atoms with E-state index in [0.29, 0.717) is 42.0 Å². The molecular formula is C15H24N2O3S. The molecular weight excluding hydrogens is 288 g/mol. The molecule has 0 amide bonds. The van der Waals surface area contributed by atoms with Crippen molar-refractivity contribution in [3.05, 3.63) is 23.3 Å². The summed E-state index contributed by atoms with van der Waals surface area (Å²) >= 11 is 0. The van der Waals surface area contributed by atoms with E-state index < -0.39 is 10.0 Å². The van der Waals surface area contributed by atoms with Crippen molar-refractivity contribution in [1.82, 2.24) is 4.72 Å². The van der Waals surface area contributed by atoms with Crippen LogP contribution in [0, 0.1) is 5.92 Å². The van der Waals surface area contributed by atoms with Crippen molar-refractivity contribution >= 4 is 15.7 Å². The predicted molar refractivity (Wildman–Crippen MR) is 83.5 cm³/mol.